The van der Waals surface area contributed by atoms with Gasteiger partial charge in [0.1, 0.15) is 15.9 Å². The van der Waals surface area contributed by atoms with Gasteiger partial charge < -0.3 is 5.11 Å². The van der Waals surface area contributed by atoms with E-state index in [1.165, 1.54) is 10.9 Å². The standard InChI is InChI=1S/C15H23N5O3S/c1-19-17-13-6-4-7-14(15(13)18-19)24(22,23)16-8-10-20-9-3-2-5-12(20)11-21/h4,6-7,12,16,21H,2-3,5,8-11H2,1H3. The van der Waals surface area contributed by atoms with Crippen molar-refractivity contribution in [3.05, 3.63) is 18.2 Å². The maximum atomic E-state index is 12.6. The van der Waals surface area contributed by atoms with Crippen molar-refractivity contribution in [2.75, 3.05) is 26.2 Å². The Balaban J connectivity index is 1.69. The van der Waals surface area contributed by atoms with Gasteiger partial charge in [-0.15, -0.1) is 0 Å². The van der Waals surface area contributed by atoms with E-state index < -0.39 is 10.0 Å². The van der Waals surface area contributed by atoms with Crippen LogP contribution in [-0.2, 0) is 17.1 Å². The first-order valence-corrected chi connectivity index (χ1v) is 9.64. The summed E-state index contributed by atoms with van der Waals surface area (Å²) in [5, 5.41) is 17.7. The molecule has 1 fully saturated rings. The molecular formula is C15H23N5O3S. The first-order valence-electron chi connectivity index (χ1n) is 8.16. The van der Waals surface area contributed by atoms with Gasteiger partial charge in [-0.25, -0.2) is 13.1 Å². The molecule has 1 atom stereocenters. The Kier molecular flexibility index (Phi) is 5.14. The van der Waals surface area contributed by atoms with E-state index >= 15 is 0 Å². The molecule has 9 heteroatoms. The predicted molar refractivity (Wildman–Crippen MR) is 90.0 cm³/mol. The quantitative estimate of drug-likeness (QED) is 0.764. The molecule has 132 valence electrons. The van der Waals surface area contributed by atoms with Crippen LogP contribution in [0.4, 0.5) is 0 Å². The number of nitrogens with zero attached hydrogens (tertiary/aromatic N) is 4. The lowest BCUT2D eigenvalue weighted by Gasteiger charge is -2.34. The van der Waals surface area contributed by atoms with Gasteiger partial charge in [-0.1, -0.05) is 12.5 Å². The van der Waals surface area contributed by atoms with Crippen LogP contribution in [-0.4, -0.2) is 65.7 Å². The summed E-state index contributed by atoms with van der Waals surface area (Å²) in [7, 11) is -1.99. The summed E-state index contributed by atoms with van der Waals surface area (Å²) in [6.07, 6.45) is 3.16. The minimum absolute atomic E-state index is 0.117. The molecule has 0 spiro atoms. The number of aliphatic hydroxyl groups excluding tert-OH is 1. The van der Waals surface area contributed by atoms with Gasteiger partial charge in [0.05, 0.1) is 6.61 Å². The van der Waals surface area contributed by atoms with E-state index in [9.17, 15) is 13.5 Å². The van der Waals surface area contributed by atoms with E-state index in [0.29, 0.717) is 24.1 Å². The van der Waals surface area contributed by atoms with Crippen LogP contribution in [0.5, 0.6) is 0 Å². The molecule has 2 aromatic rings. The lowest BCUT2D eigenvalue weighted by atomic mass is 10.0. The van der Waals surface area contributed by atoms with Crippen LogP contribution in [0.25, 0.3) is 11.0 Å². The summed E-state index contributed by atoms with van der Waals surface area (Å²) in [5.74, 6) is 0. The molecule has 0 aliphatic carbocycles. The fraction of sp³-hybridized carbons (Fsp3) is 0.600. The zero-order valence-corrected chi connectivity index (χ0v) is 14.5. The highest BCUT2D eigenvalue weighted by atomic mass is 32.2. The molecule has 1 unspecified atom stereocenters. The molecule has 1 aromatic heterocycles. The molecule has 2 N–H and O–H groups in total. The average molecular weight is 353 g/mol. The van der Waals surface area contributed by atoms with Gasteiger partial charge in [-0.05, 0) is 31.5 Å². The van der Waals surface area contributed by atoms with Crippen LogP contribution in [0, 0.1) is 0 Å². The molecule has 1 aliphatic heterocycles. The predicted octanol–water partition coefficient (Wildman–Crippen LogP) is 0.0934. The third-order valence-electron chi connectivity index (χ3n) is 4.42. The van der Waals surface area contributed by atoms with E-state index in [4.69, 9.17) is 0 Å². The number of piperidine rings is 1. The molecule has 1 saturated heterocycles. The highest BCUT2D eigenvalue weighted by Crippen LogP contribution is 2.19. The van der Waals surface area contributed by atoms with Gasteiger partial charge in [0.25, 0.3) is 0 Å². The Labute approximate surface area is 141 Å². The Morgan fingerprint density at radius 1 is 1.33 bits per heavy atom. The van der Waals surface area contributed by atoms with E-state index in [-0.39, 0.29) is 17.5 Å². The topological polar surface area (TPSA) is 100 Å². The summed E-state index contributed by atoms with van der Waals surface area (Å²) < 4.78 is 27.8. The number of benzene rings is 1. The SMILES string of the molecule is Cn1nc2cccc(S(=O)(=O)NCCN3CCCCC3CO)c2n1. The summed E-state index contributed by atoms with van der Waals surface area (Å²) >= 11 is 0. The van der Waals surface area contributed by atoms with Crippen molar-refractivity contribution >= 4 is 21.1 Å². The normalized spacial score (nSPS) is 19.8. The zero-order chi connectivity index (χ0) is 17.2. The van der Waals surface area contributed by atoms with Crippen molar-refractivity contribution in [2.45, 2.75) is 30.2 Å². The summed E-state index contributed by atoms with van der Waals surface area (Å²) in [5.41, 5.74) is 0.926. The fourth-order valence-corrected chi connectivity index (χ4v) is 4.37. The van der Waals surface area contributed by atoms with Crippen LogP contribution >= 0.6 is 0 Å². The molecule has 3 rings (SSSR count). The second-order valence-corrected chi connectivity index (χ2v) is 7.81. The van der Waals surface area contributed by atoms with Gasteiger partial charge in [-0.3, -0.25) is 4.90 Å². The number of aryl methyl sites for hydroxylation is 1. The number of aromatic nitrogens is 3. The van der Waals surface area contributed by atoms with Crippen molar-refractivity contribution < 1.29 is 13.5 Å². The number of hydrogen-bond donors (Lipinski definition) is 2. The Bertz CT molecular complexity index is 805. The maximum Gasteiger partial charge on any atom is 0.242 e. The third-order valence-corrected chi connectivity index (χ3v) is 5.91. The van der Waals surface area contributed by atoms with Gasteiger partial charge in [0.15, 0.2) is 0 Å². The highest BCUT2D eigenvalue weighted by molar-refractivity contribution is 7.89. The van der Waals surface area contributed by atoms with E-state index in [2.05, 4.69) is 19.8 Å². The van der Waals surface area contributed by atoms with Crippen LogP contribution in [0.2, 0.25) is 0 Å². The number of nitrogens with one attached hydrogen (secondary N) is 1. The smallest absolute Gasteiger partial charge is 0.242 e. The lowest BCUT2D eigenvalue weighted by Crippen LogP contribution is -2.45. The first-order chi connectivity index (χ1) is 11.5. The van der Waals surface area contributed by atoms with E-state index in [1.54, 1.807) is 19.2 Å². The van der Waals surface area contributed by atoms with Crippen molar-refractivity contribution in [2.24, 2.45) is 7.05 Å². The van der Waals surface area contributed by atoms with Crippen LogP contribution in [0.3, 0.4) is 0 Å². The minimum Gasteiger partial charge on any atom is -0.395 e. The molecule has 0 saturated carbocycles. The molecule has 0 bridgehead atoms. The van der Waals surface area contributed by atoms with Crippen LogP contribution in [0.1, 0.15) is 19.3 Å². The van der Waals surface area contributed by atoms with Crippen molar-refractivity contribution in [3.63, 3.8) is 0 Å². The largest absolute Gasteiger partial charge is 0.395 e. The van der Waals surface area contributed by atoms with Crippen LogP contribution in [0.15, 0.2) is 23.1 Å². The monoisotopic (exact) mass is 353 g/mol. The molecule has 1 aliphatic rings. The van der Waals surface area contributed by atoms with E-state index in [1.807, 2.05) is 0 Å². The maximum absolute atomic E-state index is 12.6. The Hall–Kier alpha value is -1.55. The van der Waals surface area contributed by atoms with Gasteiger partial charge in [0.2, 0.25) is 10.0 Å². The number of sulfonamides is 1. The van der Waals surface area contributed by atoms with Crippen molar-refractivity contribution in [1.29, 1.82) is 0 Å². The number of likely N-dealkylation sites (tertiary alicyclic amines) is 1. The van der Waals surface area contributed by atoms with Crippen LogP contribution < -0.4 is 4.72 Å². The van der Waals surface area contributed by atoms with Crippen molar-refractivity contribution in [1.82, 2.24) is 24.6 Å². The lowest BCUT2D eigenvalue weighted by molar-refractivity contribution is 0.0923. The van der Waals surface area contributed by atoms with Gasteiger partial charge in [0, 0.05) is 26.2 Å². The Morgan fingerprint density at radius 3 is 2.96 bits per heavy atom. The number of hydrogen-bond acceptors (Lipinski definition) is 6. The molecule has 0 radical (unpaired) electrons. The fourth-order valence-electron chi connectivity index (χ4n) is 3.19. The summed E-state index contributed by atoms with van der Waals surface area (Å²) in [6.45, 7) is 1.90. The van der Waals surface area contributed by atoms with Gasteiger partial charge >= 0.3 is 0 Å². The second kappa shape index (κ2) is 7.14. The number of rotatable bonds is 6. The molecule has 1 aromatic carbocycles. The Morgan fingerprint density at radius 2 is 2.17 bits per heavy atom. The average Bonchev–Trinajstić information content (AvgIpc) is 2.95. The highest BCUT2D eigenvalue weighted by Gasteiger charge is 2.23. The van der Waals surface area contributed by atoms with Gasteiger partial charge in [-0.2, -0.15) is 15.0 Å². The molecule has 8 nitrogen and oxygen atoms in total. The van der Waals surface area contributed by atoms with E-state index in [0.717, 1.165) is 25.8 Å². The zero-order valence-electron chi connectivity index (χ0n) is 13.7. The number of aliphatic hydroxyl groups is 1. The van der Waals surface area contributed by atoms with Crippen molar-refractivity contribution in [3.8, 4) is 0 Å². The first kappa shape index (κ1) is 17.3. The molecule has 0 amide bonds. The number of fused-ring (bicyclic) bond motifs is 1. The third kappa shape index (κ3) is 3.59. The minimum atomic E-state index is -3.65. The second-order valence-electron chi connectivity index (χ2n) is 6.08. The molecular weight excluding hydrogens is 330 g/mol. The summed E-state index contributed by atoms with van der Waals surface area (Å²) in [4.78, 5) is 3.66. The molecule has 2 heterocycles. The summed E-state index contributed by atoms with van der Waals surface area (Å²) in [6, 6.07) is 5.07. The molecule has 24 heavy (non-hydrogen) atoms.